The average Bonchev–Trinajstić information content (AvgIpc) is 3.53. The maximum Gasteiger partial charge on any atom is 0.254 e. The molecular formula is C26H21FN4O3. The van der Waals surface area contributed by atoms with Crippen molar-refractivity contribution in [2.24, 2.45) is 5.16 Å². The number of carbonyl (C=O) groups is 1. The van der Waals surface area contributed by atoms with E-state index in [-0.39, 0.29) is 24.2 Å². The molecular weight excluding hydrogens is 435 g/mol. The Morgan fingerprint density at radius 2 is 1.68 bits per heavy atom. The molecule has 8 heteroatoms. The van der Waals surface area contributed by atoms with E-state index < -0.39 is 6.04 Å². The lowest BCUT2D eigenvalue weighted by Crippen LogP contribution is -2.31. The van der Waals surface area contributed by atoms with Crippen LogP contribution in [0, 0.1) is 5.82 Å². The first-order valence-electron chi connectivity index (χ1n) is 10.8. The quantitative estimate of drug-likeness (QED) is 0.389. The minimum Gasteiger partial charge on any atom is -0.399 e. The minimum absolute atomic E-state index is 0.174. The van der Waals surface area contributed by atoms with Gasteiger partial charge in [0.15, 0.2) is 0 Å². The van der Waals surface area contributed by atoms with Gasteiger partial charge in [0.1, 0.15) is 19.0 Å². The molecule has 0 radical (unpaired) electrons. The van der Waals surface area contributed by atoms with Crippen LogP contribution in [0.1, 0.15) is 28.7 Å². The highest BCUT2D eigenvalue weighted by Crippen LogP contribution is 2.33. The van der Waals surface area contributed by atoms with Crippen LogP contribution in [0.3, 0.4) is 0 Å². The zero-order valence-electron chi connectivity index (χ0n) is 18.4. The topological polar surface area (TPSA) is 80.8 Å². The first kappa shape index (κ1) is 21.5. The predicted molar refractivity (Wildman–Crippen MR) is 124 cm³/mol. The van der Waals surface area contributed by atoms with Gasteiger partial charge in [-0.2, -0.15) is 4.98 Å². The standard InChI is InChI=1S/C26H21FN4O3/c1-33-29-22-15-23(25-28-24(30-34-25)19-11-13-21(27)14-12-19)31(16-22)26(32)20-9-7-18(8-10-20)17-5-3-2-4-6-17/h2-14,23H,15-16H2,1H3/b29-22+/t23-/m0/s1. The SMILES string of the molecule is CO/N=C1\C[C@@H](c2nc(-c3ccc(F)cc3)no2)N(C(=O)c2ccc(-c3ccccc3)cc2)C1. The summed E-state index contributed by atoms with van der Waals surface area (Å²) in [6, 6.07) is 22.8. The number of carbonyl (C=O) groups excluding carboxylic acids is 1. The highest BCUT2D eigenvalue weighted by Gasteiger charge is 2.38. The summed E-state index contributed by atoms with van der Waals surface area (Å²) in [6.45, 7) is 0.284. The van der Waals surface area contributed by atoms with Gasteiger partial charge in [0.05, 0.1) is 12.3 Å². The molecule has 170 valence electrons. The van der Waals surface area contributed by atoms with E-state index in [0.717, 1.165) is 11.1 Å². The molecule has 3 aromatic carbocycles. The molecule has 0 N–H and O–H groups in total. The first-order chi connectivity index (χ1) is 16.6. The van der Waals surface area contributed by atoms with Crippen LogP contribution in [0.2, 0.25) is 0 Å². The summed E-state index contributed by atoms with van der Waals surface area (Å²) in [5.41, 5.74) is 3.96. The lowest BCUT2D eigenvalue weighted by atomic mass is 10.0. The fourth-order valence-corrected chi connectivity index (χ4v) is 4.02. The number of aromatic nitrogens is 2. The largest absolute Gasteiger partial charge is 0.399 e. The molecule has 1 aromatic heterocycles. The van der Waals surface area contributed by atoms with E-state index in [1.54, 1.807) is 17.0 Å². The van der Waals surface area contributed by atoms with Crippen molar-refractivity contribution < 1.29 is 18.5 Å². The Labute approximate surface area is 195 Å². The number of amides is 1. The second-order valence-corrected chi connectivity index (χ2v) is 7.90. The molecule has 2 heterocycles. The van der Waals surface area contributed by atoms with E-state index in [2.05, 4.69) is 15.3 Å². The Balaban J connectivity index is 1.42. The lowest BCUT2D eigenvalue weighted by molar-refractivity contribution is 0.0713. The van der Waals surface area contributed by atoms with Crippen molar-refractivity contribution in [3.8, 4) is 22.5 Å². The van der Waals surface area contributed by atoms with Crippen molar-refractivity contribution in [1.29, 1.82) is 0 Å². The lowest BCUT2D eigenvalue weighted by Gasteiger charge is -2.21. The van der Waals surface area contributed by atoms with Crippen LogP contribution in [0.4, 0.5) is 4.39 Å². The summed E-state index contributed by atoms with van der Waals surface area (Å²) in [7, 11) is 1.47. The van der Waals surface area contributed by atoms with Gasteiger partial charge in [0.2, 0.25) is 11.7 Å². The van der Waals surface area contributed by atoms with Crippen molar-refractivity contribution >= 4 is 11.6 Å². The van der Waals surface area contributed by atoms with Crippen LogP contribution in [0.15, 0.2) is 88.5 Å². The van der Waals surface area contributed by atoms with Crippen molar-refractivity contribution in [1.82, 2.24) is 15.0 Å². The number of likely N-dealkylation sites (tertiary alicyclic amines) is 1. The maximum absolute atomic E-state index is 13.4. The molecule has 5 rings (SSSR count). The van der Waals surface area contributed by atoms with Gasteiger partial charge < -0.3 is 14.3 Å². The van der Waals surface area contributed by atoms with Crippen LogP contribution in [-0.2, 0) is 4.84 Å². The summed E-state index contributed by atoms with van der Waals surface area (Å²) in [5.74, 6) is 0.0906. The van der Waals surface area contributed by atoms with E-state index in [4.69, 9.17) is 9.36 Å². The molecule has 1 amide bonds. The third kappa shape index (κ3) is 4.30. The molecule has 0 bridgehead atoms. The molecule has 0 saturated carbocycles. The van der Waals surface area contributed by atoms with Crippen LogP contribution in [0.25, 0.3) is 22.5 Å². The second-order valence-electron chi connectivity index (χ2n) is 7.90. The molecule has 1 atom stereocenters. The highest BCUT2D eigenvalue weighted by molar-refractivity contribution is 6.00. The average molecular weight is 456 g/mol. The van der Waals surface area contributed by atoms with Gasteiger partial charge >= 0.3 is 0 Å². The molecule has 0 spiro atoms. The summed E-state index contributed by atoms with van der Waals surface area (Å²) < 4.78 is 18.8. The van der Waals surface area contributed by atoms with Crippen LogP contribution in [0.5, 0.6) is 0 Å². The van der Waals surface area contributed by atoms with Gasteiger partial charge in [-0.05, 0) is 47.5 Å². The van der Waals surface area contributed by atoms with Gasteiger partial charge in [-0.3, -0.25) is 4.79 Å². The number of halogens is 1. The van der Waals surface area contributed by atoms with Crippen molar-refractivity contribution in [3.05, 3.63) is 96.1 Å². The normalized spacial score (nSPS) is 16.7. The van der Waals surface area contributed by atoms with Gasteiger partial charge in [-0.25, -0.2) is 4.39 Å². The number of benzene rings is 3. The number of nitrogens with zero attached hydrogens (tertiary/aromatic N) is 4. The van der Waals surface area contributed by atoms with Crippen molar-refractivity contribution in [3.63, 3.8) is 0 Å². The van der Waals surface area contributed by atoms with E-state index >= 15 is 0 Å². The van der Waals surface area contributed by atoms with E-state index in [0.29, 0.717) is 29.1 Å². The molecule has 1 fully saturated rings. The summed E-state index contributed by atoms with van der Waals surface area (Å²) in [6.07, 6.45) is 0.409. The summed E-state index contributed by atoms with van der Waals surface area (Å²) in [5, 5.41) is 8.07. The van der Waals surface area contributed by atoms with E-state index in [9.17, 15) is 9.18 Å². The molecule has 1 aliphatic rings. The summed E-state index contributed by atoms with van der Waals surface area (Å²) >= 11 is 0. The Kier molecular flexibility index (Phi) is 5.86. The van der Waals surface area contributed by atoms with E-state index in [1.165, 1.54) is 19.2 Å². The Morgan fingerprint density at radius 3 is 2.38 bits per heavy atom. The Bertz CT molecular complexity index is 1320. The fraction of sp³-hybridized carbons (Fsp3) is 0.154. The summed E-state index contributed by atoms with van der Waals surface area (Å²) in [4.78, 5) is 24.5. The number of rotatable bonds is 5. The number of hydrogen-bond donors (Lipinski definition) is 0. The monoisotopic (exact) mass is 456 g/mol. The third-order valence-electron chi connectivity index (χ3n) is 5.71. The molecule has 34 heavy (non-hydrogen) atoms. The first-order valence-corrected chi connectivity index (χ1v) is 10.8. The molecule has 1 aliphatic heterocycles. The number of hydrogen-bond acceptors (Lipinski definition) is 6. The smallest absolute Gasteiger partial charge is 0.254 e. The van der Waals surface area contributed by atoms with Gasteiger partial charge in [0.25, 0.3) is 5.91 Å². The zero-order chi connectivity index (χ0) is 23.5. The Morgan fingerprint density at radius 1 is 1.00 bits per heavy atom. The third-order valence-corrected chi connectivity index (χ3v) is 5.71. The number of oxime groups is 1. The zero-order valence-corrected chi connectivity index (χ0v) is 18.4. The van der Waals surface area contributed by atoms with Crippen molar-refractivity contribution in [2.75, 3.05) is 13.7 Å². The molecule has 7 nitrogen and oxygen atoms in total. The van der Waals surface area contributed by atoms with Crippen LogP contribution in [-0.4, -0.2) is 40.3 Å². The molecule has 1 saturated heterocycles. The van der Waals surface area contributed by atoms with Crippen LogP contribution < -0.4 is 0 Å². The van der Waals surface area contributed by atoms with Gasteiger partial charge in [-0.15, -0.1) is 0 Å². The molecule has 0 aliphatic carbocycles. The van der Waals surface area contributed by atoms with Gasteiger partial charge in [0, 0.05) is 17.5 Å². The minimum atomic E-state index is -0.489. The van der Waals surface area contributed by atoms with Crippen LogP contribution >= 0.6 is 0 Å². The van der Waals surface area contributed by atoms with Gasteiger partial charge in [-0.1, -0.05) is 52.8 Å². The fourth-order valence-electron chi connectivity index (χ4n) is 4.02. The Hall–Kier alpha value is -4.33. The van der Waals surface area contributed by atoms with Crippen molar-refractivity contribution in [2.45, 2.75) is 12.5 Å². The maximum atomic E-state index is 13.4. The second kappa shape index (κ2) is 9.27. The highest BCUT2D eigenvalue weighted by atomic mass is 19.1. The molecule has 0 unspecified atom stereocenters. The van der Waals surface area contributed by atoms with E-state index in [1.807, 2.05) is 54.6 Å². The predicted octanol–water partition coefficient (Wildman–Crippen LogP) is 5.13. The molecule has 4 aromatic rings.